The zero-order valence-electron chi connectivity index (χ0n) is 12.8. The van der Waals surface area contributed by atoms with Crippen LogP contribution in [0, 0.1) is 0 Å². The lowest BCUT2D eigenvalue weighted by Gasteiger charge is -2.18. The highest BCUT2D eigenvalue weighted by atomic mass is 16.5. The normalized spacial score (nSPS) is 21.8. The van der Waals surface area contributed by atoms with Crippen molar-refractivity contribution in [2.24, 2.45) is 5.73 Å². The van der Waals surface area contributed by atoms with Gasteiger partial charge in [0, 0.05) is 18.7 Å². The molecule has 2 N–H and O–H groups in total. The number of rotatable bonds is 3. The maximum atomic E-state index is 6.41. The number of likely N-dealkylation sites (tertiary alicyclic amines) is 1. The van der Waals surface area contributed by atoms with Gasteiger partial charge in [0.1, 0.15) is 18.2 Å². The van der Waals surface area contributed by atoms with Crippen LogP contribution in [0.25, 0.3) is 17.1 Å². The molecule has 1 aliphatic heterocycles. The lowest BCUT2D eigenvalue weighted by molar-refractivity contribution is 0.278. The van der Waals surface area contributed by atoms with Crippen LogP contribution in [0.5, 0.6) is 0 Å². The molecule has 1 fully saturated rings. The van der Waals surface area contributed by atoms with Crippen LogP contribution >= 0.6 is 0 Å². The molecule has 8 heteroatoms. The molecule has 3 aromatic rings. The van der Waals surface area contributed by atoms with Gasteiger partial charge in [0.25, 0.3) is 0 Å². The first-order valence-electron chi connectivity index (χ1n) is 7.41. The Bertz CT molecular complexity index is 813. The van der Waals surface area contributed by atoms with Crippen LogP contribution in [-0.2, 0) is 5.54 Å². The van der Waals surface area contributed by atoms with Crippen molar-refractivity contribution < 1.29 is 4.52 Å². The third kappa shape index (κ3) is 2.51. The molecule has 0 saturated carbocycles. The largest absolute Gasteiger partial charge is 0.337 e. The molecule has 0 bridgehead atoms. The van der Waals surface area contributed by atoms with Gasteiger partial charge in [-0.1, -0.05) is 17.3 Å². The predicted molar refractivity (Wildman–Crippen MR) is 82.6 cm³/mol. The van der Waals surface area contributed by atoms with Gasteiger partial charge in [-0.2, -0.15) is 10.1 Å². The van der Waals surface area contributed by atoms with E-state index in [-0.39, 0.29) is 0 Å². The number of aromatic nitrogens is 5. The fraction of sp³-hybridized carbons (Fsp3) is 0.333. The van der Waals surface area contributed by atoms with E-state index in [0.717, 1.165) is 24.2 Å². The smallest absolute Gasteiger partial charge is 0.248 e. The molecular formula is C15H17N7O. The van der Waals surface area contributed by atoms with Crippen molar-refractivity contribution in [3.63, 3.8) is 0 Å². The number of likely N-dealkylation sites (N-methyl/N-ethyl adjacent to an activating group) is 1. The van der Waals surface area contributed by atoms with E-state index in [2.05, 4.69) is 25.1 Å². The summed E-state index contributed by atoms with van der Waals surface area (Å²) in [4.78, 5) is 10.6. The SMILES string of the molecule is CN1CCC(N)(c2nc(-c3cccc(-n4cncn4)c3)no2)C1. The first-order valence-corrected chi connectivity index (χ1v) is 7.41. The second kappa shape index (κ2) is 5.25. The molecule has 1 atom stereocenters. The summed E-state index contributed by atoms with van der Waals surface area (Å²) in [7, 11) is 2.04. The van der Waals surface area contributed by atoms with Crippen molar-refractivity contribution >= 4 is 0 Å². The number of nitrogens with two attached hydrogens (primary N) is 1. The third-order valence-electron chi connectivity index (χ3n) is 4.13. The fourth-order valence-corrected chi connectivity index (χ4v) is 2.88. The number of nitrogens with zero attached hydrogens (tertiary/aromatic N) is 6. The Morgan fingerprint density at radius 3 is 3.00 bits per heavy atom. The summed E-state index contributed by atoms with van der Waals surface area (Å²) in [5.74, 6) is 1.02. The number of hydrogen-bond donors (Lipinski definition) is 1. The zero-order valence-corrected chi connectivity index (χ0v) is 12.8. The van der Waals surface area contributed by atoms with Gasteiger partial charge in [0.2, 0.25) is 11.7 Å². The van der Waals surface area contributed by atoms with Gasteiger partial charge in [0.05, 0.1) is 5.69 Å². The summed E-state index contributed by atoms with van der Waals surface area (Å²) in [6, 6.07) is 7.73. The van der Waals surface area contributed by atoms with Gasteiger partial charge in [-0.05, 0) is 25.6 Å². The minimum atomic E-state index is -0.566. The topological polar surface area (TPSA) is 98.9 Å². The Hall–Kier alpha value is -2.58. The van der Waals surface area contributed by atoms with Crippen LogP contribution in [0.15, 0.2) is 41.4 Å². The van der Waals surface area contributed by atoms with Crippen molar-refractivity contribution in [3.8, 4) is 17.1 Å². The van der Waals surface area contributed by atoms with Crippen LogP contribution < -0.4 is 5.73 Å². The van der Waals surface area contributed by atoms with Crippen LogP contribution in [0.2, 0.25) is 0 Å². The van der Waals surface area contributed by atoms with Crippen molar-refractivity contribution in [1.82, 2.24) is 29.8 Å². The average Bonchev–Trinajstić information content (AvgIpc) is 3.28. The quantitative estimate of drug-likeness (QED) is 0.764. The Kier molecular flexibility index (Phi) is 3.21. The van der Waals surface area contributed by atoms with E-state index in [9.17, 15) is 0 Å². The highest BCUT2D eigenvalue weighted by Crippen LogP contribution is 2.29. The van der Waals surface area contributed by atoms with E-state index in [1.165, 1.54) is 6.33 Å². The highest BCUT2D eigenvalue weighted by molar-refractivity contribution is 5.58. The maximum absolute atomic E-state index is 6.41. The minimum absolute atomic E-state index is 0.489. The summed E-state index contributed by atoms with van der Waals surface area (Å²) in [5.41, 5.74) is 7.58. The molecule has 8 nitrogen and oxygen atoms in total. The third-order valence-corrected chi connectivity index (χ3v) is 4.13. The van der Waals surface area contributed by atoms with Crippen LogP contribution in [0.3, 0.4) is 0 Å². The molecular weight excluding hydrogens is 294 g/mol. The lowest BCUT2D eigenvalue weighted by Crippen LogP contribution is -2.39. The molecule has 118 valence electrons. The molecule has 1 saturated heterocycles. The summed E-state index contributed by atoms with van der Waals surface area (Å²) in [6.07, 6.45) is 3.95. The van der Waals surface area contributed by atoms with Gasteiger partial charge < -0.3 is 15.2 Å². The summed E-state index contributed by atoms with van der Waals surface area (Å²) < 4.78 is 7.12. The van der Waals surface area contributed by atoms with E-state index in [4.69, 9.17) is 10.3 Å². The van der Waals surface area contributed by atoms with Gasteiger partial charge in [0.15, 0.2) is 0 Å². The molecule has 2 aromatic heterocycles. The second-order valence-electron chi connectivity index (χ2n) is 5.96. The monoisotopic (exact) mass is 311 g/mol. The van der Waals surface area contributed by atoms with Crippen molar-refractivity contribution in [3.05, 3.63) is 42.8 Å². The molecule has 0 aliphatic carbocycles. The van der Waals surface area contributed by atoms with Crippen molar-refractivity contribution in [2.75, 3.05) is 20.1 Å². The van der Waals surface area contributed by atoms with Gasteiger partial charge in [-0.25, -0.2) is 9.67 Å². The van der Waals surface area contributed by atoms with Gasteiger partial charge in [-0.15, -0.1) is 0 Å². The van der Waals surface area contributed by atoms with E-state index in [1.807, 2.05) is 31.3 Å². The molecule has 3 heterocycles. The lowest BCUT2D eigenvalue weighted by atomic mass is 10.0. The van der Waals surface area contributed by atoms with Crippen molar-refractivity contribution in [2.45, 2.75) is 12.0 Å². The standard InChI is InChI=1S/C15H17N7O/c1-21-6-5-15(16,8-21)14-19-13(20-23-14)11-3-2-4-12(7-11)22-10-17-9-18-22/h2-4,7,9-10H,5-6,8,16H2,1H3. The fourth-order valence-electron chi connectivity index (χ4n) is 2.88. The average molecular weight is 311 g/mol. The predicted octanol–water partition coefficient (Wildman–Crippen LogP) is 0.807. The Morgan fingerprint density at radius 1 is 1.35 bits per heavy atom. The molecule has 1 unspecified atom stereocenters. The van der Waals surface area contributed by atoms with Crippen LogP contribution in [-0.4, -0.2) is 49.9 Å². The Labute approximate surface area is 132 Å². The molecule has 0 radical (unpaired) electrons. The second-order valence-corrected chi connectivity index (χ2v) is 5.96. The Balaban J connectivity index is 1.66. The van der Waals surface area contributed by atoms with E-state index in [0.29, 0.717) is 18.3 Å². The molecule has 23 heavy (non-hydrogen) atoms. The van der Waals surface area contributed by atoms with E-state index in [1.54, 1.807) is 11.0 Å². The van der Waals surface area contributed by atoms with Gasteiger partial charge in [-0.3, -0.25) is 0 Å². The summed E-state index contributed by atoms with van der Waals surface area (Å²) >= 11 is 0. The maximum Gasteiger partial charge on any atom is 0.248 e. The Morgan fingerprint density at radius 2 is 2.26 bits per heavy atom. The number of benzene rings is 1. The van der Waals surface area contributed by atoms with Crippen LogP contribution in [0.4, 0.5) is 0 Å². The summed E-state index contributed by atoms with van der Waals surface area (Å²) in [5, 5.41) is 8.22. The van der Waals surface area contributed by atoms with Gasteiger partial charge >= 0.3 is 0 Å². The molecule has 0 spiro atoms. The molecule has 0 amide bonds. The van der Waals surface area contributed by atoms with Crippen molar-refractivity contribution in [1.29, 1.82) is 0 Å². The van der Waals surface area contributed by atoms with Crippen LogP contribution in [0.1, 0.15) is 12.3 Å². The summed E-state index contributed by atoms with van der Waals surface area (Å²) in [6.45, 7) is 1.64. The number of hydrogen-bond acceptors (Lipinski definition) is 7. The molecule has 1 aromatic carbocycles. The first kappa shape index (κ1) is 14.0. The minimum Gasteiger partial charge on any atom is -0.337 e. The molecule has 4 rings (SSSR count). The van der Waals surface area contributed by atoms with E-state index < -0.39 is 5.54 Å². The molecule has 1 aliphatic rings. The van der Waals surface area contributed by atoms with E-state index >= 15 is 0 Å². The highest BCUT2D eigenvalue weighted by Gasteiger charge is 2.39. The first-order chi connectivity index (χ1) is 11.1. The zero-order chi connectivity index (χ0) is 15.9.